The van der Waals surface area contributed by atoms with Crippen LogP contribution in [0.25, 0.3) is 0 Å². The van der Waals surface area contributed by atoms with Crippen LogP contribution in [0.3, 0.4) is 0 Å². The Hall–Kier alpha value is -1.72. The molecule has 0 aliphatic rings. The second-order valence-corrected chi connectivity index (χ2v) is 7.04. The smallest absolute Gasteiger partial charge is 0.262 e. The maximum absolute atomic E-state index is 12.6. The molecule has 0 heterocycles. The molecule has 0 unspecified atom stereocenters. The van der Waals surface area contributed by atoms with E-state index in [-0.39, 0.29) is 4.90 Å². The number of hydrogen-bond acceptors (Lipinski definition) is 3. The molecular weight excluding hydrogens is 308 g/mol. The molecular formula is C15H17ClN2O2S. The molecule has 0 aromatic heterocycles. The van der Waals surface area contributed by atoms with Crippen molar-refractivity contribution >= 4 is 33.0 Å². The molecule has 112 valence electrons. The van der Waals surface area contributed by atoms with Gasteiger partial charge in [0.2, 0.25) is 0 Å². The molecule has 0 aliphatic heterocycles. The van der Waals surface area contributed by atoms with E-state index in [1.54, 1.807) is 38.1 Å². The Morgan fingerprint density at radius 1 is 1.10 bits per heavy atom. The van der Waals surface area contributed by atoms with Crippen molar-refractivity contribution in [1.82, 2.24) is 0 Å². The second kappa shape index (κ2) is 5.58. The second-order valence-electron chi connectivity index (χ2n) is 5.01. The summed E-state index contributed by atoms with van der Waals surface area (Å²) in [6.45, 7) is 5.29. The van der Waals surface area contributed by atoms with Gasteiger partial charge in [0.1, 0.15) is 0 Å². The van der Waals surface area contributed by atoms with Crippen LogP contribution in [0.1, 0.15) is 16.7 Å². The summed E-state index contributed by atoms with van der Waals surface area (Å²) in [6, 6.07) is 8.56. The Balaban J connectivity index is 2.54. The zero-order valence-electron chi connectivity index (χ0n) is 12.1. The lowest BCUT2D eigenvalue weighted by Crippen LogP contribution is -2.16. The summed E-state index contributed by atoms with van der Waals surface area (Å²) >= 11 is 6.05. The van der Waals surface area contributed by atoms with Gasteiger partial charge in [-0.25, -0.2) is 8.42 Å². The fourth-order valence-electron chi connectivity index (χ4n) is 2.17. The molecule has 0 saturated heterocycles. The number of nitrogen functional groups attached to an aromatic ring is 1. The summed E-state index contributed by atoms with van der Waals surface area (Å²) in [7, 11) is -3.75. The fourth-order valence-corrected chi connectivity index (χ4v) is 3.96. The first-order valence-electron chi connectivity index (χ1n) is 6.37. The Morgan fingerprint density at radius 2 is 1.76 bits per heavy atom. The summed E-state index contributed by atoms with van der Waals surface area (Å²) in [4.78, 5) is 0.195. The van der Waals surface area contributed by atoms with Crippen molar-refractivity contribution in [2.24, 2.45) is 0 Å². The normalized spacial score (nSPS) is 11.4. The van der Waals surface area contributed by atoms with Crippen LogP contribution in [0.2, 0.25) is 5.02 Å². The van der Waals surface area contributed by atoms with Crippen molar-refractivity contribution in [1.29, 1.82) is 0 Å². The molecule has 21 heavy (non-hydrogen) atoms. The maximum atomic E-state index is 12.6. The van der Waals surface area contributed by atoms with Gasteiger partial charge in [-0.15, -0.1) is 0 Å². The number of benzene rings is 2. The molecule has 6 heteroatoms. The number of rotatable bonds is 3. The number of nitrogens with two attached hydrogens (primary N) is 1. The highest BCUT2D eigenvalue weighted by Gasteiger charge is 2.21. The number of anilines is 2. The molecule has 0 bridgehead atoms. The van der Waals surface area contributed by atoms with Gasteiger partial charge in [-0.3, -0.25) is 4.72 Å². The molecule has 2 aromatic carbocycles. The molecule has 2 rings (SSSR count). The first-order valence-corrected chi connectivity index (χ1v) is 8.23. The number of sulfonamides is 1. The minimum absolute atomic E-state index is 0.195. The van der Waals surface area contributed by atoms with E-state index in [0.717, 1.165) is 5.56 Å². The largest absolute Gasteiger partial charge is 0.398 e. The van der Waals surface area contributed by atoms with E-state index in [9.17, 15) is 8.42 Å². The molecule has 0 radical (unpaired) electrons. The third-order valence-corrected chi connectivity index (χ3v) is 5.26. The molecule has 2 aromatic rings. The lowest BCUT2D eigenvalue weighted by Gasteiger charge is -2.15. The molecule has 4 nitrogen and oxygen atoms in total. The maximum Gasteiger partial charge on any atom is 0.262 e. The van der Waals surface area contributed by atoms with Gasteiger partial charge < -0.3 is 5.73 Å². The molecule has 0 spiro atoms. The fraction of sp³-hybridized carbons (Fsp3) is 0.200. The van der Waals surface area contributed by atoms with E-state index < -0.39 is 10.0 Å². The first-order chi connectivity index (χ1) is 9.72. The topological polar surface area (TPSA) is 72.2 Å². The lowest BCUT2D eigenvalue weighted by molar-refractivity contribution is 0.600. The van der Waals surface area contributed by atoms with Gasteiger partial charge in [0.05, 0.1) is 15.6 Å². The SMILES string of the molecule is Cc1ccc(Cl)c(NS(=O)(=O)c2c(C)ccc(N)c2C)c1. The molecule has 3 N–H and O–H groups in total. The van der Waals surface area contributed by atoms with Crippen LogP contribution in [0, 0.1) is 20.8 Å². The summed E-state index contributed by atoms with van der Waals surface area (Å²) in [5, 5.41) is 0.350. The van der Waals surface area contributed by atoms with E-state index in [4.69, 9.17) is 17.3 Å². The van der Waals surface area contributed by atoms with Crippen LogP contribution in [0.5, 0.6) is 0 Å². The average Bonchev–Trinajstić information content (AvgIpc) is 2.38. The van der Waals surface area contributed by atoms with Crippen molar-refractivity contribution in [3.63, 3.8) is 0 Å². The molecule has 0 atom stereocenters. The molecule has 0 fully saturated rings. The van der Waals surface area contributed by atoms with Crippen molar-refractivity contribution in [2.75, 3.05) is 10.5 Å². The van der Waals surface area contributed by atoms with E-state index in [0.29, 0.717) is 27.5 Å². The zero-order chi connectivity index (χ0) is 15.8. The molecule has 0 amide bonds. The third kappa shape index (κ3) is 3.14. The average molecular weight is 325 g/mol. The quantitative estimate of drug-likeness (QED) is 0.846. The van der Waals surface area contributed by atoms with Gasteiger partial charge in [-0.05, 0) is 55.7 Å². The molecule has 0 saturated carbocycles. The van der Waals surface area contributed by atoms with Crippen LogP contribution in [-0.4, -0.2) is 8.42 Å². The zero-order valence-corrected chi connectivity index (χ0v) is 13.6. The van der Waals surface area contributed by atoms with Crippen LogP contribution < -0.4 is 10.5 Å². The summed E-state index contributed by atoms with van der Waals surface area (Å²) in [5.41, 5.74) is 8.70. The van der Waals surface area contributed by atoms with Crippen molar-refractivity contribution < 1.29 is 8.42 Å². The van der Waals surface area contributed by atoms with Crippen LogP contribution in [-0.2, 0) is 10.0 Å². The standard InChI is InChI=1S/C15H17ClN2O2S/c1-9-4-6-12(16)14(8-9)18-21(19,20)15-10(2)5-7-13(17)11(15)3/h4-8,18H,17H2,1-3H3. The number of halogens is 1. The van der Waals surface area contributed by atoms with Crippen molar-refractivity contribution in [2.45, 2.75) is 25.7 Å². The van der Waals surface area contributed by atoms with Gasteiger partial charge in [-0.2, -0.15) is 0 Å². The summed E-state index contributed by atoms with van der Waals surface area (Å²) in [5.74, 6) is 0. The van der Waals surface area contributed by atoms with Crippen LogP contribution >= 0.6 is 11.6 Å². The van der Waals surface area contributed by atoms with Gasteiger partial charge >= 0.3 is 0 Å². The predicted octanol–water partition coefficient (Wildman–Crippen LogP) is 3.65. The Labute approximate surface area is 130 Å². The third-order valence-electron chi connectivity index (χ3n) is 3.28. The predicted molar refractivity (Wildman–Crippen MR) is 87.3 cm³/mol. The summed E-state index contributed by atoms with van der Waals surface area (Å²) < 4.78 is 27.8. The van der Waals surface area contributed by atoms with Crippen LogP contribution in [0.15, 0.2) is 35.2 Å². The Morgan fingerprint density at radius 3 is 2.43 bits per heavy atom. The van der Waals surface area contributed by atoms with Crippen molar-refractivity contribution in [3.05, 3.63) is 52.0 Å². The molecule has 0 aliphatic carbocycles. The highest BCUT2D eigenvalue weighted by molar-refractivity contribution is 7.92. The number of aryl methyl sites for hydroxylation is 2. The highest BCUT2D eigenvalue weighted by Crippen LogP contribution is 2.29. The van der Waals surface area contributed by atoms with Crippen LogP contribution in [0.4, 0.5) is 11.4 Å². The van der Waals surface area contributed by atoms with Gasteiger partial charge in [0.15, 0.2) is 0 Å². The van der Waals surface area contributed by atoms with E-state index in [2.05, 4.69) is 4.72 Å². The lowest BCUT2D eigenvalue weighted by atomic mass is 10.1. The minimum atomic E-state index is -3.75. The van der Waals surface area contributed by atoms with E-state index in [1.165, 1.54) is 0 Å². The number of nitrogens with one attached hydrogen (secondary N) is 1. The van der Waals surface area contributed by atoms with Gasteiger partial charge in [-0.1, -0.05) is 23.7 Å². The highest BCUT2D eigenvalue weighted by atomic mass is 35.5. The minimum Gasteiger partial charge on any atom is -0.398 e. The number of hydrogen-bond donors (Lipinski definition) is 2. The van der Waals surface area contributed by atoms with Crippen molar-refractivity contribution in [3.8, 4) is 0 Å². The van der Waals surface area contributed by atoms with E-state index >= 15 is 0 Å². The first kappa shape index (κ1) is 15.7. The Kier molecular flexibility index (Phi) is 4.16. The van der Waals surface area contributed by atoms with Gasteiger partial charge in [0.25, 0.3) is 10.0 Å². The van der Waals surface area contributed by atoms with Gasteiger partial charge in [0, 0.05) is 5.69 Å². The van der Waals surface area contributed by atoms with E-state index in [1.807, 2.05) is 13.0 Å². The summed E-state index contributed by atoms with van der Waals surface area (Å²) in [6.07, 6.45) is 0. The Bertz CT molecular complexity index is 802. The monoisotopic (exact) mass is 324 g/mol.